The first-order valence-corrected chi connectivity index (χ1v) is 9.54. The number of nitrogens with one attached hydrogen (secondary N) is 1. The van der Waals surface area contributed by atoms with Gasteiger partial charge in [-0.05, 0) is 38.0 Å². The van der Waals surface area contributed by atoms with E-state index < -0.39 is 9.84 Å². The van der Waals surface area contributed by atoms with Crippen LogP contribution < -0.4 is 10.1 Å². The van der Waals surface area contributed by atoms with Crippen molar-refractivity contribution < 1.29 is 17.9 Å². The molecule has 23 heavy (non-hydrogen) atoms. The summed E-state index contributed by atoms with van der Waals surface area (Å²) in [5.74, 6) is 0.801. The molecule has 0 bridgehead atoms. The van der Waals surface area contributed by atoms with Gasteiger partial charge in [0.2, 0.25) is 0 Å². The zero-order valence-electron chi connectivity index (χ0n) is 13.6. The molecule has 1 N–H and O–H groups in total. The van der Waals surface area contributed by atoms with Gasteiger partial charge in [-0.25, -0.2) is 13.2 Å². The number of urea groups is 1. The maximum Gasteiger partial charge on any atom is 0.317 e. The second-order valence-electron chi connectivity index (χ2n) is 5.85. The van der Waals surface area contributed by atoms with Crippen LogP contribution in [0.4, 0.5) is 4.79 Å². The largest absolute Gasteiger partial charge is 0.492 e. The summed E-state index contributed by atoms with van der Waals surface area (Å²) in [6.45, 7) is 5.15. The van der Waals surface area contributed by atoms with Gasteiger partial charge in [0.15, 0.2) is 9.84 Å². The maximum atomic E-state index is 12.1. The Balaban J connectivity index is 1.74. The highest BCUT2D eigenvalue weighted by molar-refractivity contribution is 7.92. The number of carbonyl (C=O) groups is 1. The molecule has 1 aromatic carbocycles. The van der Waals surface area contributed by atoms with E-state index in [0.29, 0.717) is 26.1 Å². The topological polar surface area (TPSA) is 75.7 Å². The molecular weight excluding hydrogens is 316 g/mol. The number of rotatable bonds is 4. The molecule has 0 radical (unpaired) electrons. The van der Waals surface area contributed by atoms with Gasteiger partial charge in [0.25, 0.3) is 0 Å². The van der Waals surface area contributed by atoms with Gasteiger partial charge in [-0.3, -0.25) is 0 Å². The Morgan fingerprint density at radius 2 is 2.17 bits per heavy atom. The molecule has 2 amide bonds. The van der Waals surface area contributed by atoms with E-state index in [9.17, 15) is 13.2 Å². The zero-order chi connectivity index (χ0) is 16.9. The van der Waals surface area contributed by atoms with Gasteiger partial charge in [-0.1, -0.05) is 12.1 Å². The number of benzene rings is 1. The molecule has 7 heteroatoms. The molecule has 1 heterocycles. The maximum absolute atomic E-state index is 12.1. The molecule has 1 unspecified atom stereocenters. The van der Waals surface area contributed by atoms with Crippen molar-refractivity contribution in [3.8, 4) is 5.75 Å². The summed E-state index contributed by atoms with van der Waals surface area (Å²) in [6.07, 6.45) is 0.482. The Morgan fingerprint density at radius 1 is 1.39 bits per heavy atom. The molecular formula is C16H24N2O4S. The standard InChI is InChI=1S/C16H24N2O4S/c1-13-4-3-5-15(12-13)22-10-7-17-16(19)18-8-6-14(2)23(20,21)11-9-18/h3-5,12,14H,6-11H2,1-2H3,(H,17,19). The van der Waals surface area contributed by atoms with Crippen LogP contribution in [0.5, 0.6) is 5.75 Å². The lowest BCUT2D eigenvalue weighted by atomic mass is 10.2. The van der Waals surface area contributed by atoms with Crippen LogP contribution in [0.2, 0.25) is 0 Å². The van der Waals surface area contributed by atoms with E-state index in [-0.39, 0.29) is 23.6 Å². The van der Waals surface area contributed by atoms with Crippen molar-refractivity contribution in [2.75, 3.05) is 32.0 Å². The highest BCUT2D eigenvalue weighted by Crippen LogP contribution is 2.13. The van der Waals surface area contributed by atoms with Crippen LogP contribution in [-0.2, 0) is 9.84 Å². The van der Waals surface area contributed by atoms with Gasteiger partial charge in [-0.15, -0.1) is 0 Å². The van der Waals surface area contributed by atoms with Crippen molar-refractivity contribution in [1.82, 2.24) is 10.2 Å². The van der Waals surface area contributed by atoms with Gasteiger partial charge < -0.3 is 15.0 Å². The summed E-state index contributed by atoms with van der Waals surface area (Å²) >= 11 is 0. The van der Waals surface area contributed by atoms with E-state index >= 15 is 0 Å². The zero-order valence-corrected chi connectivity index (χ0v) is 14.4. The summed E-state index contributed by atoms with van der Waals surface area (Å²) in [6, 6.07) is 7.48. The van der Waals surface area contributed by atoms with E-state index in [4.69, 9.17) is 4.74 Å². The van der Waals surface area contributed by atoms with Crippen molar-refractivity contribution in [1.29, 1.82) is 0 Å². The second kappa shape index (κ2) is 7.68. The fourth-order valence-electron chi connectivity index (χ4n) is 2.41. The molecule has 1 saturated heterocycles. The first-order chi connectivity index (χ1) is 10.9. The Kier molecular flexibility index (Phi) is 5.87. The minimum absolute atomic E-state index is 0.0291. The Hall–Kier alpha value is -1.76. The smallest absolute Gasteiger partial charge is 0.317 e. The highest BCUT2D eigenvalue weighted by atomic mass is 32.2. The van der Waals surface area contributed by atoms with Crippen LogP contribution in [0.25, 0.3) is 0 Å². The van der Waals surface area contributed by atoms with Gasteiger partial charge >= 0.3 is 6.03 Å². The Bertz CT molecular complexity index is 645. The summed E-state index contributed by atoms with van der Waals surface area (Å²) in [7, 11) is -3.08. The fourth-order valence-corrected chi connectivity index (χ4v) is 3.76. The van der Waals surface area contributed by atoms with Gasteiger partial charge in [0.1, 0.15) is 12.4 Å². The molecule has 0 aliphatic carbocycles. The predicted octanol–water partition coefficient (Wildman–Crippen LogP) is 1.59. The minimum Gasteiger partial charge on any atom is -0.492 e. The van der Waals surface area contributed by atoms with Gasteiger partial charge in [-0.2, -0.15) is 0 Å². The van der Waals surface area contributed by atoms with Crippen LogP contribution in [0.1, 0.15) is 18.9 Å². The van der Waals surface area contributed by atoms with Gasteiger partial charge in [0.05, 0.1) is 17.5 Å². The normalized spacial score (nSPS) is 20.6. The summed E-state index contributed by atoms with van der Waals surface area (Å²) in [5, 5.41) is 2.39. The fraction of sp³-hybridized carbons (Fsp3) is 0.562. The molecule has 1 aliphatic heterocycles. The number of carbonyl (C=O) groups excluding carboxylic acids is 1. The molecule has 0 saturated carbocycles. The van der Waals surface area contributed by atoms with E-state index in [1.165, 1.54) is 0 Å². The third-order valence-corrected chi connectivity index (χ3v) is 6.20. The first-order valence-electron chi connectivity index (χ1n) is 7.82. The summed E-state index contributed by atoms with van der Waals surface area (Å²) in [5.41, 5.74) is 1.12. The van der Waals surface area contributed by atoms with Crippen LogP contribution in [-0.4, -0.2) is 56.6 Å². The van der Waals surface area contributed by atoms with Gasteiger partial charge in [0, 0.05) is 13.1 Å². The van der Waals surface area contributed by atoms with Crippen molar-refractivity contribution in [2.45, 2.75) is 25.5 Å². The average molecular weight is 340 g/mol. The molecule has 0 aromatic heterocycles. The van der Waals surface area contributed by atoms with E-state index in [1.54, 1.807) is 11.8 Å². The highest BCUT2D eigenvalue weighted by Gasteiger charge is 2.28. The van der Waals surface area contributed by atoms with Crippen LogP contribution >= 0.6 is 0 Å². The molecule has 2 rings (SSSR count). The van der Waals surface area contributed by atoms with E-state index in [1.807, 2.05) is 31.2 Å². The molecule has 0 spiro atoms. The number of hydrogen-bond donors (Lipinski definition) is 1. The lowest BCUT2D eigenvalue weighted by Gasteiger charge is -2.20. The molecule has 128 valence electrons. The van der Waals surface area contributed by atoms with Crippen LogP contribution in [0, 0.1) is 6.92 Å². The lowest BCUT2D eigenvalue weighted by molar-refractivity contribution is 0.198. The third kappa shape index (κ3) is 5.13. The van der Waals surface area contributed by atoms with Crippen molar-refractivity contribution in [3.05, 3.63) is 29.8 Å². The summed E-state index contributed by atoms with van der Waals surface area (Å²) < 4.78 is 29.2. The molecule has 1 atom stereocenters. The first kappa shape index (κ1) is 17.6. The van der Waals surface area contributed by atoms with Crippen LogP contribution in [0.15, 0.2) is 24.3 Å². The third-order valence-electron chi connectivity index (χ3n) is 3.99. The Morgan fingerprint density at radius 3 is 2.91 bits per heavy atom. The SMILES string of the molecule is Cc1cccc(OCCNC(=O)N2CCC(C)S(=O)(=O)CC2)c1. The van der Waals surface area contributed by atoms with E-state index in [0.717, 1.165) is 11.3 Å². The average Bonchev–Trinajstić information content (AvgIpc) is 2.63. The second-order valence-corrected chi connectivity index (χ2v) is 8.39. The van der Waals surface area contributed by atoms with Crippen LogP contribution in [0.3, 0.4) is 0 Å². The molecule has 1 fully saturated rings. The molecule has 1 aromatic rings. The number of nitrogens with zero attached hydrogens (tertiary/aromatic N) is 1. The number of sulfone groups is 1. The Labute approximate surface area is 137 Å². The number of amides is 2. The van der Waals surface area contributed by atoms with Crippen molar-refractivity contribution in [2.24, 2.45) is 0 Å². The number of aryl methyl sites for hydroxylation is 1. The number of ether oxygens (including phenoxy) is 1. The lowest BCUT2D eigenvalue weighted by Crippen LogP contribution is -2.42. The summed E-state index contributed by atoms with van der Waals surface area (Å²) in [4.78, 5) is 13.7. The van der Waals surface area contributed by atoms with Crippen molar-refractivity contribution >= 4 is 15.9 Å². The molecule has 6 nitrogen and oxygen atoms in total. The quantitative estimate of drug-likeness (QED) is 0.845. The predicted molar refractivity (Wildman–Crippen MR) is 89.5 cm³/mol. The van der Waals surface area contributed by atoms with E-state index in [2.05, 4.69) is 5.32 Å². The minimum atomic E-state index is -3.08. The monoisotopic (exact) mass is 340 g/mol. The number of hydrogen-bond acceptors (Lipinski definition) is 4. The molecule has 1 aliphatic rings. The van der Waals surface area contributed by atoms with Crippen molar-refractivity contribution in [3.63, 3.8) is 0 Å².